The monoisotopic (exact) mass is 476 g/mol. The number of Topliss-reactive ketones (excluding diaryl/α,β-unsaturated/α-hetero) is 1. The van der Waals surface area contributed by atoms with Gasteiger partial charge in [-0.3, -0.25) is 19.3 Å². The van der Waals surface area contributed by atoms with Gasteiger partial charge in [-0.25, -0.2) is 0 Å². The number of amides is 2. The van der Waals surface area contributed by atoms with Gasteiger partial charge in [-0.05, 0) is 30.3 Å². The van der Waals surface area contributed by atoms with Crippen LogP contribution in [0.5, 0.6) is 0 Å². The predicted molar refractivity (Wildman–Crippen MR) is 135 cm³/mol. The minimum atomic E-state index is -0.0801. The normalized spacial score (nSPS) is 13.9. The number of ketones is 1. The van der Waals surface area contributed by atoms with Crippen molar-refractivity contribution < 1.29 is 19.1 Å². The first-order chi connectivity index (χ1) is 16.8. The molecular formula is C27H32N4O4. The molecule has 1 aromatic heterocycles. The number of nitrogens with one attached hydrogen (secondary N) is 1. The number of ether oxygens (including phenoxy) is 1. The van der Waals surface area contributed by atoms with Gasteiger partial charge >= 0.3 is 0 Å². The van der Waals surface area contributed by atoms with E-state index >= 15 is 0 Å². The Balaban J connectivity index is 1.63. The number of morpholine rings is 1. The van der Waals surface area contributed by atoms with E-state index in [-0.39, 0.29) is 37.1 Å². The van der Waals surface area contributed by atoms with E-state index in [2.05, 4.69) is 4.98 Å². The Bertz CT molecular complexity index is 1210. The Kier molecular flexibility index (Phi) is 7.63. The lowest BCUT2D eigenvalue weighted by Crippen LogP contribution is -2.45. The second kappa shape index (κ2) is 10.8. The van der Waals surface area contributed by atoms with Crippen LogP contribution in [0.1, 0.15) is 15.9 Å². The van der Waals surface area contributed by atoms with Gasteiger partial charge in [0.25, 0.3) is 0 Å². The number of rotatable bonds is 8. The molecule has 0 unspecified atom stereocenters. The molecule has 0 atom stereocenters. The minimum Gasteiger partial charge on any atom is -0.378 e. The van der Waals surface area contributed by atoms with Gasteiger partial charge in [-0.15, -0.1) is 0 Å². The molecule has 8 nitrogen and oxygen atoms in total. The van der Waals surface area contributed by atoms with Crippen molar-refractivity contribution in [1.82, 2.24) is 19.7 Å². The highest BCUT2D eigenvalue weighted by Gasteiger charge is 2.24. The van der Waals surface area contributed by atoms with E-state index < -0.39 is 0 Å². The zero-order chi connectivity index (χ0) is 24.9. The Hall–Kier alpha value is -3.49. The molecule has 1 aliphatic heterocycles. The molecule has 35 heavy (non-hydrogen) atoms. The SMILES string of the molecule is CN(CC(=O)c1c(-c2ccccc2)[nH]c2ccc(CC(=O)N(C)C)cc12)CC(=O)N1CCOCC1. The maximum Gasteiger partial charge on any atom is 0.236 e. The number of aromatic nitrogens is 1. The molecule has 0 aliphatic carbocycles. The fourth-order valence-electron chi connectivity index (χ4n) is 4.32. The van der Waals surface area contributed by atoms with Crippen LogP contribution in [0.15, 0.2) is 48.5 Å². The fourth-order valence-corrected chi connectivity index (χ4v) is 4.32. The van der Waals surface area contributed by atoms with Crippen molar-refractivity contribution in [3.05, 3.63) is 59.7 Å². The highest BCUT2D eigenvalue weighted by Crippen LogP contribution is 2.32. The highest BCUT2D eigenvalue weighted by molar-refractivity contribution is 6.14. The first kappa shape index (κ1) is 24.6. The number of fused-ring (bicyclic) bond motifs is 1. The third-order valence-electron chi connectivity index (χ3n) is 6.24. The average Bonchev–Trinajstić information content (AvgIpc) is 3.24. The van der Waals surface area contributed by atoms with E-state index in [0.29, 0.717) is 31.9 Å². The molecule has 0 spiro atoms. The lowest BCUT2D eigenvalue weighted by molar-refractivity contribution is -0.136. The van der Waals surface area contributed by atoms with E-state index in [0.717, 1.165) is 27.7 Å². The maximum atomic E-state index is 13.6. The van der Waals surface area contributed by atoms with Crippen LogP contribution in [0.2, 0.25) is 0 Å². The molecule has 3 aromatic rings. The number of carbonyl (C=O) groups is 3. The zero-order valence-corrected chi connectivity index (χ0v) is 20.5. The summed E-state index contributed by atoms with van der Waals surface area (Å²) >= 11 is 0. The molecule has 1 aliphatic rings. The Morgan fingerprint density at radius 3 is 2.37 bits per heavy atom. The third-order valence-corrected chi connectivity index (χ3v) is 6.24. The molecule has 184 valence electrons. The Labute approximate surface area is 205 Å². The molecule has 1 saturated heterocycles. The van der Waals surface area contributed by atoms with Crippen LogP contribution >= 0.6 is 0 Å². The first-order valence-corrected chi connectivity index (χ1v) is 11.8. The summed E-state index contributed by atoms with van der Waals surface area (Å²) in [6, 6.07) is 15.5. The van der Waals surface area contributed by atoms with Gasteiger partial charge in [-0.1, -0.05) is 36.4 Å². The van der Waals surface area contributed by atoms with E-state index in [9.17, 15) is 14.4 Å². The van der Waals surface area contributed by atoms with Crippen LogP contribution in [0.25, 0.3) is 22.2 Å². The van der Waals surface area contributed by atoms with Gasteiger partial charge in [0, 0.05) is 38.1 Å². The van der Waals surface area contributed by atoms with Crippen LogP contribution in [0.3, 0.4) is 0 Å². The number of nitrogens with zero attached hydrogens (tertiary/aromatic N) is 3. The molecule has 2 heterocycles. The van der Waals surface area contributed by atoms with Gasteiger partial charge in [0.1, 0.15) is 0 Å². The number of aromatic amines is 1. The molecule has 2 aromatic carbocycles. The third kappa shape index (κ3) is 5.78. The van der Waals surface area contributed by atoms with Gasteiger partial charge < -0.3 is 19.5 Å². The second-order valence-electron chi connectivity index (χ2n) is 9.17. The number of carbonyl (C=O) groups excluding carboxylic acids is 3. The minimum absolute atomic E-state index is 0.00240. The fraction of sp³-hybridized carbons (Fsp3) is 0.370. The molecule has 8 heteroatoms. The molecule has 0 radical (unpaired) electrons. The Morgan fingerprint density at radius 1 is 0.971 bits per heavy atom. The smallest absolute Gasteiger partial charge is 0.236 e. The van der Waals surface area contributed by atoms with Crippen LogP contribution in [-0.2, 0) is 20.7 Å². The van der Waals surface area contributed by atoms with Crippen molar-refractivity contribution in [1.29, 1.82) is 0 Å². The number of likely N-dealkylation sites (N-methyl/N-ethyl adjacent to an activating group) is 2. The van der Waals surface area contributed by atoms with Crippen molar-refractivity contribution >= 4 is 28.5 Å². The van der Waals surface area contributed by atoms with E-state index in [1.807, 2.05) is 48.5 Å². The summed E-state index contributed by atoms with van der Waals surface area (Å²) in [6.45, 7) is 2.51. The summed E-state index contributed by atoms with van der Waals surface area (Å²) in [6.07, 6.45) is 0.260. The summed E-state index contributed by atoms with van der Waals surface area (Å²) in [5.74, 6) is -0.0869. The molecule has 0 saturated carbocycles. The Morgan fingerprint density at radius 2 is 1.69 bits per heavy atom. The van der Waals surface area contributed by atoms with E-state index in [4.69, 9.17) is 4.74 Å². The number of benzene rings is 2. The summed E-state index contributed by atoms with van der Waals surface area (Å²) in [7, 11) is 5.25. The van der Waals surface area contributed by atoms with Gasteiger partial charge in [0.15, 0.2) is 5.78 Å². The van der Waals surface area contributed by atoms with Gasteiger partial charge in [-0.2, -0.15) is 0 Å². The molecule has 1 N–H and O–H groups in total. The standard InChI is InChI=1S/C27H32N4O4/c1-29(2)24(33)16-19-9-10-22-21(15-19)26(27(28-22)20-7-5-4-6-8-20)23(32)17-30(3)18-25(34)31-11-13-35-14-12-31/h4-10,15,28H,11-14,16-18H2,1-3H3. The van der Waals surface area contributed by atoms with Crippen molar-refractivity contribution in [3.63, 3.8) is 0 Å². The lowest BCUT2D eigenvalue weighted by Gasteiger charge is -2.28. The summed E-state index contributed by atoms with van der Waals surface area (Å²) in [5, 5.41) is 0.783. The van der Waals surface area contributed by atoms with E-state index in [1.54, 1.807) is 35.8 Å². The van der Waals surface area contributed by atoms with Crippen molar-refractivity contribution in [2.45, 2.75) is 6.42 Å². The van der Waals surface area contributed by atoms with Crippen molar-refractivity contribution in [2.75, 3.05) is 60.5 Å². The molecule has 4 rings (SSSR count). The van der Waals surface area contributed by atoms with Crippen LogP contribution in [0.4, 0.5) is 0 Å². The number of hydrogen-bond acceptors (Lipinski definition) is 5. The summed E-state index contributed by atoms with van der Waals surface area (Å²) < 4.78 is 5.32. The predicted octanol–water partition coefficient (Wildman–Crippen LogP) is 2.44. The number of H-pyrrole nitrogens is 1. The van der Waals surface area contributed by atoms with E-state index in [1.165, 1.54) is 0 Å². The van der Waals surface area contributed by atoms with Crippen LogP contribution in [0, 0.1) is 0 Å². The van der Waals surface area contributed by atoms with Crippen molar-refractivity contribution in [2.24, 2.45) is 0 Å². The first-order valence-electron chi connectivity index (χ1n) is 11.8. The summed E-state index contributed by atoms with van der Waals surface area (Å²) in [5.41, 5.74) is 3.91. The molecular weight excluding hydrogens is 444 g/mol. The van der Waals surface area contributed by atoms with Crippen molar-refractivity contribution in [3.8, 4) is 11.3 Å². The zero-order valence-electron chi connectivity index (χ0n) is 20.5. The maximum absolute atomic E-state index is 13.6. The molecule has 0 bridgehead atoms. The molecule has 2 amide bonds. The topological polar surface area (TPSA) is 86.0 Å². The largest absolute Gasteiger partial charge is 0.378 e. The molecule has 1 fully saturated rings. The summed E-state index contributed by atoms with van der Waals surface area (Å²) in [4.78, 5) is 47.1. The quantitative estimate of drug-likeness (QED) is 0.505. The highest BCUT2D eigenvalue weighted by atomic mass is 16.5. The number of hydrogen-bond donors (Lipinski definition) is 1. The second-order valence-corrected chi connectivity index (χ2v) is 9.17. The lowest BCUT2D eigenvalue weighted by atomic mass is 9.99. The average molecular weight is 477 g/mol. The van der Waals surface area contributed by atoms with Crippen LogP contribution in [-0.4, -0.2) is 97.8 Å². The van der Waals surface area contributed by atoms with Gasteiger partial charge in [0.2, 0.25) is 11.8 Å². The van der Waals surface area contributed by atoms with Crippen LogP contribution < -0.4 is 0 Å². The van der Waals surface area contributed by atoms with Gasteiger partial charge in [0.05, 0.1) is 44.0 Å².